The molecule has 0 saturated carbocycles. The van der Waals surface area contributed by atoms with Crippen molar-refractivity contribution in [2.75, 3.05) is 26.2 Å². The number of aromatic nitrogens is 3. The Bertz CT molecular complexity index is 1100. The van der Waals surface area contributed by atoms with Crippen LogP contribution in [0.3, 0.4) is 0 Å². The van der Waals surface area contributed by atoms with E-state index in [9.17, 15) is 9.18 Å². The molecule has 3 heterocycles. The number of rotatable bonds is 5. The van der Waals surface area contributed by atoms with E-state index in [1.54, 1.807) is 6.07 Å². The van der Waals surface area contributed by atoms with E-state index in [0.717, 1.165) is 35.6 Å². The van der Waals surface area contributed by atoms with Crippen LogP contribution >= 0.6 is 0 Å². The van der Waals surface area contributed by atoms with Gasteiger partial charge in [-0.2, -0.15) is 0 Å². The molecule has 2 aliphatic rings. The second-order valence-electron chi connectivity index (χ2n) is 8.43. The quantitative estimate of drug-likeness (QED) is 0.647. The highest BCUT2D eigenvalue weighted by Crippen LogP contribution is 2.27. The number of fused-ring (bicyclic) bond motifs is 1. The van der Waals surface area contributed by atoms with E-state index < -0.39 is 0 Å². The second-order valence-corrected chi connectivity index (χ2v) is 8.43. The average Bonchev–Trinajstić information content (AvgIpc) is 3.25. The molecule has 33 heavy (non-hydrogen) atoms. The number of nitrogens with one attached hydrogen (secondary N) is 1. The molecule has 3 aromatic rings. The van der Waals surface area contributed by atoms with E-state index in [-0.39, 0.29) is 18.0 Å². The standard InChI is InChI=1S/C24H27FN6O2/c25-20-8-4-7-19(13-20)23-16-31-22(17-33-23)21(27-28-31)15-29-9-11-30(12-10-29)24(32)26-14-18-5-2-1-3-6-18/h1-8,13,23H,9-12,14-17H2,(H,26,32)/t23-/m1/s1. The van der Waals surface area contributed by atoms with Crippen molar-refractivity contribution < 1.29 is 13.9 Å². The lowest BCUT2D eigenvalue weighted by atomic mass is 10.1. The van der Waals surface area contributed by atoms with Gasteiger partial charge in [-0.1, -0.05) is 47.7 Å². The van der Waals surface area contributed by atoms with Gasteiger partial charge in [0.1, 0.15) is 17.6 Å². The number of piperazine rings is 1. The van der Waals surface area contributed by atoms with Crippen LogP contribution in [-0.2, 0) is 31.0 Å². The Morgan fingerprint density at radius 2 is 1.91 bits per heavy atom. The fraction of sp³-hybridized carbons (Fsp3) is 0.375. The smallest absolute Gasteiger partial charge is 0.317 e. The minimum atomic E-state index is -0.269. The summed E-state index contributed by atoms with van der Waals surface area (Å²) in [5.41, 5.74) is 3.75. The third-order valence-corrected chi connectivity index (χ3v) is 6.22. The molecular formula is C24H27FN6O2. The minimum Gasteiger partial charge on any atom is -0.365 e. The van der Waals surface area contributed by atoms with E-state index in [2.05, 4.69) is 20.5 Å². The van der Waals surface area contributed by atoms with Crippen LogP contribution in [0.2, 0.25) is 0 Å². The van der Waals surface area contributed by atoms with Crippen molar-refractivity contribution in [1.82, 2.24) is 30.1 Å². The molecule has 1 fully saturated rings. The molecule has 2 aliphatic heterocycles. The van der Waals surface area contributed by atoms with Gasteiger partial charge in [-0.15, -0.1) is 5.10 Å². The fourth-order valence-corrected chi connectivity index (χ4v) is 4.30. The average molecular weight is 451 g/mol. The van der Waals surface area contributed by atoms with Crippen molar-refractivity contribution in [3.63, 3.8) is 0 Å². The van der Waals surface area contributed by atoms with Crippen LogP contribution in [0.25, 0.3) is 0 Å². The number of ether oxygens (including phenoxy) is 1. The maximum absolute atomic E-state index is 13.6. The van der Waals surface area contributed by atoms with E-state index >= 15 is 0 Å². The summed E-state index contributed by atoms with van der Waals surface area (Å²) in [5.74, 6) is -0.269. The summed E-state index contributed by atoms with van der Waals surface area (Å²) in [4.78, 5) is 16.6. The molecule has 172 valence electrons. The maximum atomic E-state index is 13.6. The molecule has 0 radical (unpaired) electrons. The maximum Gasteiger partial charge on any atom is 0.317 e. The molecule has 1 atom stereocenters. The van der Waals surface area contributed by atoms with Crippen molar-refractivity contribution in [3.05, 3.63) is 82.9 Å². The summed E-state index contributed by atoms with van der Waals surface area (Å²) in [5, 5.41) is 11.7. The Hall–Kier alpha value is -3.30. The van der Waals surface area contributed by atoms with Gasteiger partial charge < -0.3 is 15.0 Å². The molecule has 0 bridgehead atoms. The summed E-state index contributed by atoms with van der Waals surface area (Å²) < 4.78 is 21.4. The highest BCUT2D eigenvalue weighted by atomic mass is 19.1. The number of nitrogens with zero attached hydrogens (tertiary/aromatic N) is 5. The Labute approximate surface area is 191 Å². The zero-order chi connectivity index (χ0) is 22.6. The summed E-state index contributed by atoms with van der Waals surface area (Å²) in [6.07, 6.45) is -0.235. The molecule has 1 saturated heterocycles. The van der Waals surface area contributed by atoms with Gasteiger partial charge in [0.25, 0.3) is 0 Å². The first-order chi connectivity index (χ1) is 16.2. The van der Waals surface area contributed by atoms with Gasteiger partial charge in [0, 0.05) is 39.3 Å². The number of carbonyl (C=O) groups is 1. The third kappa shape index (κ3) is 5.04. The minimum absolute atomic E-state index is 0.0312. The molecule has 0 spiro atoms. The highest BCUT2D eigenvalue weighted by molar-refractivity contribution is 5.74. The molecule has 1 aromatic heterocycles. The normalized spacial score (nSPS) is 18.7. The molecule has 2 aromatic carbocycles. The van der Waals surface area contributed by atoms with E-state index in [1.807, 2.05) is 46.0 Å². The van der Waals surface area contributed by atoms with Gasteiger partial charge in [0.2, 0.25) is 0 Å². The zero-order valence-electron chi connectivity index (χ0n) is 18.4. The largest absolute Gasteiger partial charge is 0.365 e. The summed E-state index contributed by atoms with van der Waals surface area (Å²) in [6, 6.07) is 16.4. The van der Waals surface area contributed by atoms with Crippen LogP contribution in [0.15, 0.2) is 54.6 Å². The number of carbonyl (C=O) groups excluding carboxylic acids is 1. The van der Waals surface area contributed by atoms with Crippen molar-refractivity contribution in [2.45, 2.75) is 32.3 Å². The Kier molecular flexibility index (Phi) is 6.32. The Morgan fingerprint density at radius 3 is 2.70 bits per heavy atom. The fourth-order valence-electron chi connectivity index (χ4n) is 4.30. The first-order valence-corrected chi connectivity index (χ1v) is 11.2. The number of hydrogen-bond acceptors (Lipinski definition) is 5. The van der Waals surface area contributed by atoms with Crippen LogP contribution in [0.1, 0.15) is 28.6 Å². The number of hydrogen-bond donors (Lipinski definition) is 1. The van der Waals surface area contributed by atoms with Gasteiger partial charge in [0.15, 0.2) is 0 Å². The van der Waals surface area contributed by atoms with Crippen molar-refractivity contribution in [2.24, 2.45) is 0 Å². The Morgan fingerprint density at radius 1 is 1.09 bits per heavy atom. The number of urea groups is 1. The predicted octanol–water partition coefficient (Wildman–Crippen LogP) is 2.72. The summed E-state index contributed by atoms with van der Waals surface area (Å²) in [6.45, 7) is 5.00. The molecule has 5 rings (SSSR count). The van der Waals surface area contributed by atoms with Gasteiger partial charge in [-0.3, -0.25) is 4.90 Å². The van der Waals surface area contributed by atoms with Crippen LogP contribution < -0.4 is 5.32 Å². The summed E-state index contributed by atoms with van der Waals surface area (Å²) in [7, 11) is 0. The molecule has 8 nitrogen and oxygen atoms in total. The second kappa shape index (κ2) is 9.68. The molecular weight excluding hydrogens is 423 g/mol. The molecule has 0 aliphatic carbocycles. The topological polar surface area (TPSA) is 75.5 Å². The lowest BCUT2D eigenvalue weighted by Crippen LogP contribution is -2.51. The molecule has 2 amide bonds. The van der Waals surface area contributed by atoms with Crippen LogP contribution in [0.5, 0.6) is 0 Å². The van der Waals surface area contributed by atoms with Gasteiger partial charge in [-0.05, 0) is 23.3 Å². The van der Waals surface area contributed by atoms with Crippen LogP contribution in [0, 0.1) is 5.82 Å². The lowest BCUT2D eigenvalue weighted by molar-refractivity contribution is -0.00234. The number of benzene rings is 2. The van der Waals surface area contributed by atoms with Gasteiger partial charge >= 0.3 is 6.03 Å². The van der Waals surface area contributed by atoms with Gasteiger partial charge in [-0.25, -0.2) is 13.9 Å². The predicted molar refractivity (Wildman–Crippen MR) is 119 cm³/mol. The monoisotopic (exact) mass is 450 g/mol. The van der Waals surface area contributed by atoms with E-state index in [1.165, 1.54) is 12.1 Å². The van der Waals surface area contributed by atoms with Crippen LogP contribution in [-0.4, -0.2) is 57.0 Å². The van der Waals surface area contributed by atoms with E-state index in [0.29, 0.717) is 39.3 Å². The summed E-state index contributed by atoms with van der Waals surface area (Å²) >= 11 is 0. The lowest BCUT2D eigenvalue weighted by Gasteiger charge is -2.34. The third-order valence-electron chi connectivity index (χ3n) is 6.22. The molecule has 1 N–H and O–H groups in total. The Balaban J connectivity index is 1.12. The molecule has 0 unspecified atom stereocenters. The van der Waals surface area contributed by atoms with Crippen LogP contribution in [0.4, 0.5) is 9.18 Å². The number of halogens is 1. The van der Waals surface area contributed by atoms with Gasteiger partial charge in [0.05, 0.1) is 18.8 Å². The van der Waals surface area contributed by atoms with Crippen molar-refractivity contribution in [1.29, 1.82) is 0 Å². The highest BCUT2D eigenvalue weighted by Gasteiger charge is 2.27. The zero-order valence-corrected chi connectivity index (χ0v) is 18.4. The molecule has 9 heteroatoms. The van der Waals surface area contributed by atoms with Crippen molar-refractivity contribution in [3.8, 4) is 0 Å². The first kappa shape index (κ1) is 21.5. The number of amides is 2. The SMILES string of the molecule is O=C(NCc1ccccc1)N1CCN(Cc2nnn3c2CO[C@@H](c2cccc(F)c2)C3)CC1. The van der Waals surface area contributed by atoms with Crippen molar-refractivity contribution >= 4 is 6.03 Å². The first-order valence-electron chi connectivity index (χ1n) is 11.2. The van der Waals surface area contributed by atoms with E-state index in [4.69, 9.17) is 4.74 Å².